The lowest BCUT2D eigenvalue weighted by atomic mass is 9.92. The second-order valence-corrected chi connectivity index (χ2v) is 15.1. The molecule has 1 spiro atoms. The zero-order chi connectivity index (χ0) is 37.7. The Balaban J connectivity index is 1.07. The number of likely N-dealkylation sites (tertiary alicyclic amines) is 1. The minimum absolute atomic E-state index is 0.00470. The van der Waals surface area contributed by atoms with Crippen LogP contribution in [0.3, 0.4) is 0 Å². The van der Waals surface area contributed by atoms with Gasteiger partial charge in [0.1, 0.15) is 5.82 Å². The first kappa shape index (κ1) is 36.0. The van der Waals surface area contributed by atoms with Crippen LogP contribution in [0.25, 0.3) is 33.2 Å². The zero-order valence-corrected chi connectivity index (χ0v) is 32.1. The highest BCUT2D eigenvalue weighted by Gasteiger charge is 2.46. The highest BCUT2D eigenvalue weighted by molar-refractivity contribution is 6.36. The van der Waals surface area contributed by atoms with Gasteiger partial charge in [-0.05, 0) is 74.4 Å². The summed E-state index contributed by atoms with van der Waals surface area (Å²) < 4.78 is 12.5. The van der Waals surface area contributed by atoms with E-state index >= 15 is 0 Å². The predicted octanol–water partition coefficient (Wildman–Crippen LogP) is 6.57. The van der Waals surface area contributed by atoms with E-state index in [9.17, 15) is 9.59 Å². The number of nitrogens with one attached hydrogen (secondary N) is 2. The number of anilines is 2. The summed E-state index contributed by atoms with van der Waals surface area (Å²) in [5, 5.41) is 12.8. The van der Waals surface area contributed by atoms with Crippen molar-refractivity contribution >= 4 is 39.9 Å². The van der Waals surface area contributed by atoms with Crippen LogP contribution in [-0.4, -0.2) is 88.1 Å². The van der Waals surface area contributed by atoms with Crippen molar-refractivity contribution in [3.8, 4) is 28.3 Å². The number of methoxy groups -OCH3 is 2. The molecule has 2 aromatic carbocycles. The first-order chi connectivity index (χ1) is 26.1. The molecule has 2 N–H and O–H groups in total. The largest absolute Gasteiger partial charge is 0.481 e. The van der Waals surface area contributed by atoms with Crippen LogP contribution in [0.2, 0.25) is 5.02 Å². The van der Waals surface area contributed by atoms with Crippen LogP contribution < -0.4 is 20.9 Å². The molecule has 2 atom stereocenters. The van der Waals surface area contributed by atoms with Gasteiger partial charge in [-0.2, -0.15) is 5.10 Å². The minimum Gasteiger partial charge on any atom is -0.481 e. The number of benzene rings is 2. The number of rotatable bonds is 9. The smallest absolute Gasteiger partial charge is 0.317 e. The number of amides is 2. The molecule has 2 unspecified atom stereocenters. The van der Waals surface area contributed by atoms with E-state index in [0.29, 0.717) is 35.3 Å². The van der Waals surface area contributed by atoms with E-state index in [1.165, 1.54) is 10.2 Å². The summed E-state index contributed by atoms with van der Waals surface area (Å²) in [4.78, 5) is 40.2. The van der Waals surface area contributed by atoms with E-state index in [0.717, 1.165) is 95.6 Å². The Hall–Kier alpha value is -5.04. The fraction of sp³-hybridized carbons (Fsp3) is 0.390. The summed E-state index contributed by atoms with van der Waals surface area (Å²) in [6.45, 7) is 7.51. The van der Waals surface area contributed by atoms with Crippen LogP contribution in [0.1, 0.15) is 47.7 Å². The molecule has 5 aromatic rings. The lowest BCUT2D eigenvalue weighted by Gasteiger charge is -2.40. The van der Waals surface area contributed by atoms with E-state index in [-0.39, 0.29) is 23.2 Å². The van der Waals surface area contributed by atoms with E-state index < -0.39 is 0 Å². The van der Waals surface area contributed by atoms with Gasteiger partial charge in [-0.1, -0.05) is 41.9 Å². The number of urea groups is 1. The Bertz CT molecular complexity index is 2350. The van der Waals surface area contributed by atoms with Gasteiger partial charge in [0.05, 0.1) is 41.6 Å². The summed E-state index contributed by atoms with van der Waals surface area (Å²) in [7, 11) is 4.98. The summed E-state index contributed by atoms with van der Waals surface area (Å²) in [6, 6.07) is 16.2. The number of carbonyl (C=O) groups is 1. The van der Waals surface area contributed by atoms with Gasteiger partial charge in [0.2, 0.25) is 5.88 Å². The van der Waals surface area contributed by atoms with Gasteiger partial charge in [0.15, 0.2) is 0 Å². The molecule has 0 saturated carbocycles. The molecule has 0 radical (unpaired) electrons. The first-order valence-electron chi connectivity index (χ1n) is 18.5. The number of hydrogen-bond acceptors (Lipinski definition) is 9. The Labute approximate surface area is 319 Å². The van der Waals surface area contributed by atoms with Gasteiger partial charge >= 0.3 is 6.03 Å². The second-order valence-electron chi connectivity index (χ2n) is 14.7. The van der Waals surface area contributed by atoms with Gasteiger partial charge < -0.3 is 25.0 Å². The maximum Gasteiger partial charge on any atom is 0.317 e. The van der Waals surface area contributed by atoms with E-state index in [1.54, 1.807) is 27.5 Å². The van der Waals surface area contributed by atoms with Crippen LogP contribution in [0.5, 0.6) is 5.88 Å². The van der Waals surface area contributed by atoms with Crippen molar-refractivity contribution in [1.29, 1.82) is 0 Å². The van der Waals surface area contributed by atoms with Crippen molar-refractivity contribution in [1.82, 2.24) is 34.9 Å². The molecule has 5 heterocycles. The maximum absolute atomic E-state index is 13.1. The molecule has 8 rings (SSSR count). The zero-order valence-electron chi connectivity index (χ0n) is 31.3. The number of ether oxygens (including phenoxy) is 2. The van der Waals surface area contributed by atoms with Crippen LogP contribution in [-0.2, 0) is 18.2 Å². The number of aromatic nitrogens is 4. The fourth-order valence-electron chi connectivity index (χ4n) is 8.56. The quantitative estimate of drug-likeness (QED) is 0.172. The monoisotopic (exact) mass is 748 g/mol. The third kappa shape index (κ3) is 6.35. The average Bonchev–Trinajstić information content (AvgIpc) is 3.78. The predicted molar refractivity (Wildman–Crippen MR) is 211 cm³/mol. The van der Waals surface area contributed by atoms with Crippen LogP contribution >= 0.6 is 11.6 Å². The average molecular weight is 749 g/mol. The first-order valence-corrected chi connectivity index (χ1v) is 18.8. The highest BCUT2D eigenvalue weighted by atomic mass is 35.5. The third-order valence-electron chi connectivity index (χ3n) is 11.4. The van der Waals surface area contributed by atoms with Crippen molar-refractivity contribution in [3.05, 3.63) is 92.5 Å². The normalized spacial score (nSPS) is 19.8. The maximum atomic E-state index is 13.1. The number of nitrogens with zero attached hydrogens (tertiary/aromatic N) is 6. The molecule has 2 amide bonds. The molecule has 280 valence electrons. The van der Waals surface area contributed by atoms with Crippen molar-refractivity contribution in [2.75, 3.05) is 52.3 Å². The lowest BCUT2D eigenvalue weighted by molar-refractivity contribution is 0.114. The van der Waals surface area contributed by atoms with Gasteiger partial charge in [-0.25, -0.2) is 19.4 Å². The second kappa shape index (κ2) is 14.3. The molecule has 3 aliphatic rings. The summed E-state index contributed by atoms with van der Waals surface area (Å²) in [5.74, 6) is 1.10. The Morgan fingerprint density at radius 3 is 2.59 bits per heavy atom. The summed E-state index contributed by atoms with van der Waals surface area (Å²) in [5.41, 5.74) is 7.86. The van der Waals surface area contributed by atoms with Crippen molar-refractivity contribution in [2.24, 2.45) is 7.05 Å². The molecule has 2 fully saturated rings. The molecular weight excluding hydrogens is 704 g/mol. The molecule has 12 nitrogen and oxygen atoms in total. The lowest BCUT2D eigenvalue weighted by Crippen LogP contribution is -2.61. The topological polar surface area (TPSA) is 127 Å². The van der Waals surface area contributed by atoms with Crippen molar-refractivity contribution in [2.45, 2.75) is 51.1 Å². The van der Waals surface area contributed by atoms with Crippen molar-refractivity contribution in [3.63, 3.8) is 0 Å². The van der Waals surface area contributed by atoms with Crippen LogP contribution in [0.4, 0.5) is 16.3 Å². The Morgan fingerprint density at radius 2 is 1.80 bits per heavy atom. The third-order valence-corrected chi connectivity index (χ3v) is 11.8. The molecule has 1 aliphatic carbocycles. The van der Waals surface area contributed by atoms with Gasteiger partial charge in [0.25, 0.3) is 5.56 Å². The van der Waals surface area contributed by atoms with Crippen LogP contribution in [0, 0.1) is 13.8 Å². The molecule has 2 aliphatic heterocycles. The van der Waals surface area contributed by atoms with E-state index in [1.807, 2.05) is 61.2 Å². The Morgan fingerprint density at radius 1 is 1.02 bits per heavy atom. The molecule has 13 heteroatoms. The number of carbonyl (C=O) groups excluding carboxylic acids is 1. The van der Waals surface area contributed by atoms with Crippen molar-refractivity contribution < 1.29 is 14.3 Å². The fourth-order valence-corrected chi connectivity index (χ4v) is 8.88. The standard InChI is InChI=1S/C41H45ClN8O4/c1-24-20-27-22-43-48(3)39(51)35(27)37(44-24)45-31-11-7-8-28(25(31)2)29-9-6-10-30(36(29)42)32-21-26-12-13-33(34(26)38(46-32)54-5)50-17-15-41(23-50)14-16-49(18-19-53-4)40(52)47-41/h6-11,20-22,33H,12-19,23H2,1-5H3,(H,44,45)(H,47,52). The van der Waals surface area contributed by atoms with Gasteiger partial charge in [-0.15, -0.1) is 0 Å². The molecule has 3 aromatic heterocycles. The minimum atomic E-state index is -0.220. The van der Waals surface area contributed by atoms with E-state index in [2.05, 4.69) is 26.7 Å². The SMILES string of the molecule is COCCN1CCC2(CCN(C3CCc4cc(-c5cccc(-c6cccc(Nc7nc(C)cc8cnn(C)c(=O)c78)c6C)c5Cl)nc(OC)c43)C2)NC1=O. The van der Waals surface area contributed by atoms with E-state index in [4.69, 9.17) is 31.0 Å². The number of halogens is 1. The molecule has 54 heavy (non-hydrogen) atoms. The number of hydrogen-bond donors (Lipinski definition) is 2. The van der Waals surface area contributed by atoms with Crippen LogP contribution in [0.15, 0.2) is 59.5 Å². The van der Waals surface area contributed by atoms with Gasteiger partial charge in [0, 0.05) is 79.8 Å². The molecule has 2 saturated heterocycles. The molecular formula is C41H45ClN8O4. The number of pyridine rings is 2. The number of aryl methyl sites for hydroxylation is 3. The highest BCUT2D eigenvalue weighted by Crippen LogP contribution is 2.47. The summed E-state index contributed by atoms with van der Waals surface area (Å²) in [6.07, 6.45) is 5.38. The number of fused-ring (bicyclic) bond motifs is 2. The summed E-state index contributed by atoms with van der Waals surface area (Å²) >= 11 is 7.29. The Kier molecular flexibility index (Phi) is 9.53. The molecule has 0 bridgehead atoms. The van der Waals surface area contributed by atoms with Gasteiger partial charge in [-0.3, -0.25) is 9.69 Å².